The van der Waals surface area contributed by atoms with E-state index in [2.05, 4.69) is 27.4 Å². The van der Waals surface area contributed by atoms with E-state index >= 15 is 0 Å². The Morgan fingerprint density at radius 3 is 2.79 bits per heavy atom. The van der Waals surface area contributed by atoms with Crippen LogP contribution in [0.15, 0.2) is 36.7 Å². The van der Waals surface area contributed by atoms with Crippen molar-refractivity contribution in [2.45, 2.75) is 20.3 Å². The van der Waals surface area contributed by atoms with Gasteiger partial charge in [-0.1, -0.05) is 30.3 Å². The number of aryl methyl sites for hydroxylation is 1. The number of aromatic nitrogens is 2. The molecule has 1 N–H and O–H groups in total. The van der Waals surface area contributed by atoms with Crippen LogP contribution in [0.3, 0.4) is 0 Å². The Kier molecular flexibility index (Phi) is 5.05. The molecule has 124 valence electrons. The second-order valence-electron chi connectivity index (χ2n) is 5.34. The summed E-state index contributed by atoms with van der Waals surface area (Å²) in [7, 11) is 0. The smallest absolute Gasteiger partial charge is 0.261 e. The topological polar surface area (TPSA) is 64.1 Å². The van der Waals surface area contributed by atoms with Gasteiger partial charge in [-0.3, -0.25) is 4.79 Å². The number of amides is 1. The summed E-state index contributed by atoms with van der Waals surface area (Å²) in [5.74, 6) is 0.466. The van der Waals surface area contributed by atoms with Gasteiger partial charge in [-0.2, -0.15) is 0 Å². The molecule has 0 spiro atoms. The Hall–Kier alpha value is -2.47. The average Bonchev–Trinajstić information content (AvgIpc) is 2.94. The lowest BCUT2D eigenvalue weighted by Crippen LogP contribution is -2.25. The minimum absolute atomic E-state index is 0.0751. The molecule has 0 aliphatic carbocycles. The fourth-order valence-corrected chi connectivity index (χ4v) is 3.60. The van der Waals surface area contributed by atoms with Crippen LogP contribution in [0.4, 0.5) is 0 Å². The van der Waals surface area contributed by atoms with Gasteiger partial charge in [0.2, 0.25) is 5.88 Å². The van der Waals surface area contributed by atoms with Crippen LogP contribution in [0.5, 0.6) is 5.88 Å². The molecule has 1 amide bonds. The number of thiophene rings is 1. The van der Waals surface area contributed by atoms with Crippen molar-refractivity contribution in [2.75, 3.05) is 13.2 Å². The van der Waals surface area contributed by atoms with Gasteiger partial charge in [-0.15, -0.1) is 11.3 Å². The lowest BCUT2D eigenvalue weighted by molar-refractivity contribution is 0.0957. The van der Waals surface area contributed by atoms with Crippen LogP contribution < -0.4 is 10.1 Å². The molecule has 0 unspecified atom stereocenters. The molecule has 3 rings (SSSR count). The van der Waals surface area contributed by atoms with Crippen molar-refractivity contribution in [1.82, 2.24) is 15.3 Å². The van der Waals surface area contributed by atoms with Gasteiger partial charge in [-0.25, -0.2) is 9.97 Å². The molecule has 2 aromatic heterocycles. The van der Waals surface area contributed by atoms with Gasteiger partial charge in [0, 0.05) is 6.54 Å². The van der Waals surface area contributed by atoms with Crippen LogP contribution in [0.25, 0.3) is 10.2 Å². The maximum absolute atomic E-state index is 12.5. The summed E-state index contributed by atoms with van der Waals surface area (Å²) in [5.41, 5.74) is 2.08. The molecule has 2 heterocycles. The number of nitrogens with zero attached hydrogens (tertiary/aromatic N) is 2. The number of carbonyl (C=O) groups excluding carboxylic acids is 1. The first-order valence-corrected chi connectivity index (χ1v) is 8.71. The minimum atomic E-state index is -0.0751. The van der Waals surface area contributed by atoms with Gasteiger partial charge in [-0.05, 0) is 31.4 Å². The molecule has 0 radical (unpaired) electrons. The van der Waals surface area contributed by atoms with Gasteiger partial charge in [0.1, 0.15) is 11.2 Å². The van der Waals surface area contributed by atoms with Crippen LogP contribution in [0, 0.1) is 6.92 Å². The second-order valence-corrected chi connectivity index (χ2v) is 6.34. The summed E-state index contributed by atoms with van der Waals surface area (Å²) in [6, 6.07) is 10.1. The minimum Gasteiger partial charge on any atom is -0.477 e. The fourth-order valence-electron chi connectivity index (χ4n) is 2.55. The van der Waals surface area contributed by atoms with Crippen molar-refractivity contribution < 1.29 is 9.53 Å². The highest BCUT2D eigenvalue weighted by Crippen LogP contribution is 2.34. The highest BCUT2D eigenvalue weighted by atomic mass is 32.1. The van der Waals surface area contributed by atoms with Gasteiger partial charge < -0.3 is 10.1 Å². The Labute approximate surface area is 144 Å². The van der Waals surface area contributed by atoms with Crippen molar-refractivity contribution in [3.63, 3.8) is 0 Å². The van der Waals surface area contributed by atoms with Gasteiger partial charge in [0.25, 0.3) is 5.91 Å². The fraction of sp³-hybridized carbons (Fsp3) is 0.278. The molecule has 0 saturated heterocycles. The SMILES string of the molecule is CCOc1ncnc2sc(C(=O)NCCc3ccccc3)c(C)c12. The van der Waals surface area contributed by atoms with Gasteiger partial charge in [0.15, 0.2) is 0 Å². The zero-order valence-corrected chi connectivity index (χ0v) is 14.5. The van der Waals surface area contributed by atoms with E-state index in [1.54, 1.807) is 0 Å². The number of benzene rings is 1. The van der Waals surface area contributed by atoms with E-state index in [0.717, 1.165) is 22.2 Å². The predicted molar refractivity (Wildman–Crippen MR) is 95.8 cm³/mol. The molecule has 3 aromatic rings. The average molecular weight is 341 g/mol. The Balaban J connectivity index is 1.75. The first-order valence-electron chi connectivity index (χ1n) is 7.89. The van der Waals surface area contributed by atoms with E-state index in [-0.39, 0.29) is 5.91 Å². The third-order valence-electron chi connectivity index (χ3n) is 3.72. The molecule has 0 atom stereocenters. The third-order valence-corrected chi connectivity index (χ3v) is 4.92. The van der Waals surface area contributed by atoms with Crippen LogP contribution >= 0.6 is 11.3 Å². The van der Waals surface area contributed by atoms with Gasteiger partial charge in [0.05, 0.1) is 16.9 Å². The first-order chi connectivity index (χ1) is 11.7. The van der Waals surface area contributed by atoms with E-state index in [4.69, 9.17) is 4.74 Å². The summed E-state index contributed by atoms with van der Waals surface area (Å²) in [4.78, 5) is 22.4. The van der Waals surface area contributed by atoms with Crippen molar-refractivity contribution in [3.8, 4) is 5.88 Å². The molecule has 0 fully saturated rings. The number of fused-ring (bicyclic) bond motifs is 1. The van der Waals surface area contributed by atoms with E-state index in [0.29, 0.717) is 23.9 Å². The largest absolute Gasteiger partial charge is 0.477 e. The molecule has 0 aliphatic rings. The van der Waals surface area contributed by atoms with E-state index < -0.39 is 0 Å². The summed E-state index contributed by atoms with van der Waals surface area (Å²) >= 11 is 1.38. The summed E-state index contributed by atoms with van der Waals surface area (Å²) in [5, 5.41) is 3.81. The Bertz CT molecular complexity index is 846. The molecule has 0 aliphatic heterocycles. The Morgan fingerprint density at radius 1 is 1.25 bits per heavy atom. The molecule has 5 nitrogen and oxygen atoms in total. The van der Waals surface area contributed by atoms with Crippen LogP contribution in [-0.4, -0.2) is 29.0 Å². The number of hydrogen-bond donors (Lipinski definition) is 1. The highest BCUT2D eigenvalue weighted by Gasteiger charge is 2.19. The van der Waals surface area contributed by atoms with E-state index in [1.165, 1.54) is 23.2 Å². The van der Waals surface area contributed by atoms with Crippen molar-refractivity contribution in [2.24, 2.45) is 0 Å². The van der Waals surface area contributed by atoms with Crippen molar-refractivity contribution >= 4 is 27.5 Å². The molecule has 24 heavy (non-hydrogen) atoms. The van der Waals surface area contributed by atoms with Gasteiger partial charge >= 0.3 is 0 Å². The summed E-state index contributed by atoms with van der Waals surface area (Å²) in [6.07, 6.45) is 2.28. The number of carbonyl (C=O) groups is 1. The van der Waals surface area contributed by atoms with Crippen molar-refractivity contribution in [3.05, 3.63) is 52.7 Å². The van der Waals surface area contributed by atoms with Crippen LogP contribution in [0.1, 0.15) is 27.7 Å². The summed E-state index contributed by atoms with van der Waals surface area (Å²) < 4.78 is 5.56. The lowest BCUT2D eigenvalue weighted by atomic mass is 10.1. The Morgan fingerprint density at radius 2 is 2.04 bits per heavy atom. The van der Waals surface area contributed by atoms with Crippen molar-refractivity contribution in [1.29, 1.82) is 0 Å². The molecule has 0 bridgehead atoms. The third kappa shape index (κ3) is 3.38. The van der Waals surface area contributed by atoms with Crippen LogP contribution in [-0.2, 0) is 6.42 Å². The maximum Gasteiger partial charge on any atom is 0.261 e. The molecule has 6 heteroatoms. The number of hydrogen-bond acceptors (Lipinski definition) is 5. The van der Waals surface area contributed by atoms with Crippen LogP contribution in [0.2, 0.25) is 0 Å². The second kappa shape index (κ2) is 7.40. The maximum atomic E-state index is 12.5. The summed E-state index contributed by atoms with van der Waals surface area (Å²) in [6.45, 7) is 4.95. The molecular weight excluding hydrogens is 322 g/mol. The number of ether oxygens (including phenoxy) is 1. The zero-order valence-electron chi connectivity index (χ0n) is 13.7. The van der Waals surface area contributed by atoms with E-state index in [1.807, 2.05) is 32.0 Å². The molecular formula is C18H19N3O2S. The number of nitrogens with one attached hydrogen (secondary N) is 1. The first kappa shape index (κ1) is 16.4. The lowest BCUT2D eigenvalue weighted by Gasteiger charge is -2.05. The molecule has 0 saturated carbocycles. The standard InChI is InChI=1S/C18H19N3O2S/c1-3-23-17-14-12(2)15(24-18(14)21-11-20-17)16(22)19-10-9-13-7-5-4-6-8-13/h4-8,11H,3,9-10H2,1-2H3,(H,19,22). The quantitative estimate of drug-likeness (QED) is 0.746. The number of rotatable bonds is 6. The predicted octanol–water partition coefficient (Wildman–Crippen LogP) is 3.37. The molecule has 1 aromatic carbocycles. The highest BCUT2D eigenvalue weighted by molar-refractivity contribution is 7.20. The van der Waals surface area contributed by atoms with E-state index in [9.17, 15) is 4.79 Å². The normalized spacial score (nSPS) is 10.8. The zero-order chi connectivity index (χ0) is 16.9. The monoisotopic (exact) mass is 341 g/mol.